The first kappa shape index (κ1) is 17.1. The summed E-state index contributed by atoms with van der Waals surface area (Å²) < 4.78 is 55.1. The van der Waals surface area contributed by atoms with Crippen molar-refractivity contribution in [1.82, 2.24) is 0 Å². The highest BCUT2D eigenvalue weighted by Gasteiger charge is 2.44. The molecule has 6 nitrogen and oxygen atoms in total. The van der Waals surface area contributed by atoms with Crippen LogP contribution in [0.15, 0.2) is 16.6 Å². The molecule has 21 heavy (non-hydrogen) atoms. The second-order valence-corrected chi connectivity index (χ2v) is 4.59. The van der Waals surface area contributed by atoms with Gasteiger partial charge in [0, 0.05) is 12.1 Å². The number of nitro groups is 1. The molecule has 0 fully saturated rings. The minimum Gasteiger partial charge on any atom is -0.481 e. The van der Waals surface area contributed by atoms with Crippen molar-refractivity contribution >= 4 is 27.6 Å². The van der Waals surface area contributed by atoms with Gasteiger partial charge >= 0.3 is 17.8 Å². The zero-order valence-electron chi connectivity index (χ0n) is 9.86. The molecule has 0 saturated carbocycles. The van der Waals surface area contributed by atoms with Crippen molar-refractivity contribution in [3.05, 3.63) is 32.5 Å². The Morgan fingerprint density at radius 3 is 2.48 bits per heavy atom. The molecule has 116 valence electrons. The smallest absolute Gasteiger partial charge is 0.426 e. The van der Waals surface area contributed by atoms with Crippen molar-refractivity contribution in [3.63, 3.8) is 0 Å². The normalized spacial score (nSPS) is 12.8. The van der Waals surface area contributed by atoms with Gasteiger partial charge in [0.15, 0.2) is 0 Å². The average molecular weight is 376 g/mol. The standard InChI is InChI=1S/C10H6BrF4NO5/c11-4-1-6(16(19)20)7(2-5(4)12)21-8(3-9(17)18)10(13,14)15/h1-2,8H,3H2,(H,17,18). The van der Waals surface area contributed by atoms with E-state index >= 15 is 0 Å². The third-order valence-electron chi connectivity index (χ3n) is 2.19. The molecule has 1 aromatic rings. The van der Waals surface area contributed by atoms with E-state index in [4.69, 9.17) is 5.11 Å². The van der Waals surface area contributed by atoms with Crippen LogP contribution in [0, 0.1) is 15.9 Å². The van der Waals surface area contributed by atoms with Gasteiger partial charge in [-0.05, 0) is 15.9 Å². The van der Waals surface area contributed by atoms with Crippen LogP contribution >= 0.6 is 15.9 Å². The zero-order valence-corrected chi connectivity index (χ0v) is 11.4. The van der Waals surface area contributed by atoms with Crippen molar-refractivity contribution in [2.75, 3.05) is 0 Å². The number of hydrogen-bond acceptors (Lipinski definition) is 4. The topological polar surface area (TPSA) is 89.7 Å². The Morgan fingerprint density at radius 2 is 2.05 bits per heavy atom. The number of carbonyl (C=O) groups is 1. The highest BCUT2D eigenvalue weighted by molar-refractivity contribution is 9.10. The van der Waals surface area contributed by atoms with Crippen LogP contribution in [-0.2, 0) is 4.79 Å². The quantitative estimate of drug-likeness (QED) is 0.484. The van der Waals surface area contributed by atoms with Gasteiger partial charge < -0.3 is 9.84 Å². The van der Waals surface area contributed by atoms with E-state index in [0.29, 0.717) is 12.1 Å². The second kappa shape index (κ2) is 6.24. The molecule has 1 N–H and O–H groups in total. The summed E-state index contributed by atoms with van der Waals surface area (Å²) in [5.74, 6) is -3.92. The number of carboxylic acid groups (broad SMARTS) is 1. The van der Waals surface area contributed by atoms with Crippen LogP contribution in [0.4, 0.5) is 23.2 Å². The summed E-state index contributed by atoms with van der Waals surface area (Å²) in [6.07, 6.45) is -9.40. The number of benzene rings is 1. The van der Waals surface area contributed by atoms with E-state index in [1.165, 1.54) is 0 Å². The Balaban J connectivity index is 3.22. The molecular formula is C10H6BrF4NO5. The van der Waals surface area contributed by atoms with Crippen LogP contribution in [-0.4, -0.2) is 28.3 Å². The molecular weight excluding hydrogens is 370 g/mol. The van der Waals surface area contributed by atoms with Gasteiger partial charge in [0.1, 0.15) is 5.82 Å². The van der Waals surface area contributed by atoms with Crippen LogP contribution in [0.25, 0.3) is 0 Å². The Bertz CT molecular complexity index is 577. The number of rotatable bonds is 5. The van der Waals surface area contributed by atoms with E-state index < -0.39 is 46.8 Å². The number of halogens is 5. The first-order valence-corrected chi connectivity index (χ1v) is 5.90. The molecule has 0 amide bonds. The molecule has 0 aliphatic rings. The molecule has 0 saturated heterocycles. The summed E-state index contributed by atoms with van der Waals surface area (Å²) >= 11 is 2.64. The number of carboxylic acids is 1. The molecule has 1 aromatic carbocycles. The van der Waals surface area contributed by atoms with E-state index in [0.717, 1.165) is 0 Å². The number of aliphatic carboxylic acids is 1. The fourth-order valence-corrected chi connectivity index (χ4v) is 1.62. The highest BCUT2D eigenvalue weighted by Crippen LogP contribution is 2.36. The maximum Gasteiger partial charge on any atom is 0.426 e. The summed E-state index contributed by atoms with van der Waals surface area (Å²) in [7, 11) is 0. The lowest BCUT2D eigenvalue weighted by molar-refractivity contribution is -0.386. The van der Waals surface area contributed by atoms with Crippen LogP contribution < -0.4 is 4.74 Å². The molecule has 0 aromatic heterocycles. The third kappa shape index (κ3) is 4.55. The SMILES string of the molecule is O=C(O)CC(Oc1cc(F)c(Br)cc1[N+](=O)[O-])C(F)(F)F. The minimum atomic E-state index is -5.09. The molecule has 0 heterocycles. The first-order chi connectivity index (χ1) is 9.52. The Morgan fingerprint density at radius 1 is 1.48 bits per heavy atom. The van der Waals surface area contributed by atoms with Gasteiger partial charge in [-0.15, -0.1) is 0 Å². The van der Waals surface area contributed by atoms with Gasteiger partial charge in [0.25, 0.3) is 0 Å². The summed E-state index contributed by atoms with van der Waals surface area (Å²) in [5, 5.41) is 19.1. The Hall–Kier alpha value is -1.91. The van der Waals surface area contributed by atoms with E-state index in [2.05, 4.69) is 20.7 Å². The fourth-order valence-electron chi connectivity index (χ4n) is 1.29. The molecule has 1 atom stereocenters. The third-order valence-corrected chi connectivity index (χ3v) is 2.80. The van der Waals surface area contributed by atoms with Gasteiger partial charge in [-0.25, -0.2) is 4.39 Å². The summed E-state index contributed by atoms with van der Waals surface area (Å²) in [6, 6.07) is 1.00. The summed E-state index contributed by atoms with van der Waals surface area (Å²) in [4.78, 5) is 20.0. The highest BCUT2D eigenvalue weighted by atomic mass is 79.9. The Kier molecular flexibility index (Phi) is 5.10. The lowest BCUT2D eigenvalue weighted by Gasteiger charge is -2.20. The maximum atomic E-state index is 13.3. The maximum absolute atomic E-state index is 13.3. The zero-order chi connectivity index (χ0) is 16.4. The van der Waals surface area contributed by atoms with E-state index in [1.54, 1.807) is 0 Å². The van der Waals surface area contributed by atoms with Crippen LogP contribution in [0.2, 0.25) is 0 Å². The van der Waals surface area contributed by atoms with Crippen LogP contribution in [0.3, 0.4) is 0 Å². The van der Waals surface area contributed by atoms with Gasteiger partial charge in [0.2, 0.25) is 11.9 Å². The second-order valence-electron chi connectivity index (χ2n) is 3.74. The molecule has 11 heteroatoms. The molecule has 1 unspecified atom stereocenters. The molecule has 0 aliphatic heterocycles. The number of alkyl halides is 3. The summed E-state index contributed by atoms with van der Waals surface area (Å²) in [5.41, 5.74) is -0.928. The van der Waals surface area contributed by atoms with Gasteiger partial charge in [0.05, 0.1) is 15.8 Å². The van der Waals surface area contributed by atoms with E-state index in [-0.39, 0.29) is 4.47 Å². The molecule has 0 radical (unpaired) electrons. The van der Waals surface area contributed by atoms with Crippen molar-refractivity contribution < 1.29 is 37.1 Å². The molecule has 1 rings (SSSR count). The molecule has 0 aliphatic carbocycles. The fraction of sp³-hybridized carbons (Fsp3) is 0.300. The minimum absolute atomic E-state index is 0.344. The van der Waals surface area contributed by atoms with E-state index in [9.17, 15) is 32.5 Å². The van der Waals surface area contributed by atoms with Gasteiger partial charge in [-0.3, -0.25) is 14.9 Å². The number of nitro benzene ring substituents is 1. The van der Waals surface area contributed by atoms with Crippen molar-refractivity contribution in [3.8, 4) is 5.75 Å². The summed E-state index contributed by atoms with van der Waals surface area (Å²) in [6.45, 7) is 0. The number of hydrogen-bond donors (Lipinski definition) is 1. The number of nitrogens with zero attached hydrogens (tertiary/aromatic N) is 1. The van der Waals surface area contributed by atoms with Crippen molar-refractivity contribution in [2.45, 2.75) is 18.7 Å². The molecule has 0 bridgehead atoms. The Labute approximate surface area is 122 Å². The van der Waals surface area contributed by atoms with Crippen molar-refractivity contribution in [2.24, 2.45) is 0 Å². The molecule has 0 spiro atoms. The monoisotopic (exact) mass is 375 g/mol. The lowest BCUT2D eigenvalue weighted by atomic mass is 10.2. The number of ether oxygens (including phenoxy) is 1. The van der Waals surface area contributed by atoms with Crippen LogP contribution in [0.1, 0.15) is 6.42 Å². The average Bonchev–Trinajstić information content (AvgIpc) is 2.30. The largest absolute Gasteiger partial charge is 0.481 e. The van der Waals surface area contributed by atoms with Gasteiger partial charge in [-0.2, -0.15) is 13.2 Å². The predicted molar refractivity (Wildman–Crippen MR) is 63.5 cm³/mol. The van der Waals surface area contributed by atoms with Crippen LogP contribution in [0.5, 0.6) is 5.75 Å². The lowest BCUT2D eigenvalue weighted by Crippen LogP contribution is -2.36. The van der Waals surface area contributed by atoms with Crippen molar-refractivity contribution in [1.29, 1.82) is 0 Å². The first-order valence-electron chi connectivity index (χ1n) is 5.11. The van der Waals surface area contributed by atoms with Gasteiger partial charge in [-0.1, -0.05) is 0 Å². The predicted octanol–water partition coefficient (Wildman–Crippen LogP) is 3.28. The van der Waals surface area contributed by atoms with E-state index in [1.807, 2.05) is 0 Å².